The van der Waals surface area contributed by atoms with Crippen molar-refractivity contribution < 1.29 is 19.4 Å². The van der Waals surface area contributed by atoms with Crippen LogP contribution in [0.3, 0.4) is 0 Å². The van der Waals surface area contributed by atoms with Crippen LogP contribution in [-0.2, 0) is 4.79 Å². The van der Waals surface area contributed by atoms with Gasteiger partial charge in [0.05, 0.1) is 11.3 Å². The van der Waals surface area contributed by atoms with E-state index in [1.165, 1.54) is 17.0 Å². The van der Waals surface area contributed by atoms with E-state index in [1.54, 1.807) is 19.9 Å². The molecule has 0 saturated heterocycles. The number of rotatable bonds is 3. The highest BCUT2D eigenvalue weighted by Crippen LogP contribution is 2.38. The van der Waals surface area contributed by atoms with Crippen molar-refractivity contribution in [3.63, 3.8) is 0 Å². The summed E-state index contributed by atoms with van der Waals surface area (Å²) in [4.78, 5) is 25.0. The van der Waals surface area contributed by atoms with Crippen molar-refractivity contribution in [2.45, 2.75) is 26.4 Å². The van der Waals surface area contributed by atoms with Crippen LogP contribution in [0.4, 0.5) is 5.69 Å². The van der Waals surface area contributed by atoms with Crippen molar-refractivity contribution in [3.05, 3.63) is 35.9 Å². The first-order valence-electron chi connectivity index (χ1n) is 6.25. The maximum Gasteiger partial charge on any atom is 0.335 e. The molecular formula is C15H17NO4. The predicted octanol–water partition coefficient (Wildman–Crippen LogP) is 2.46. The van der Waals surface area contributed by atoms with Gasteiger partial charge in [-0.15, -0.1) is 0 Å². The molecule has 1 amide bonds. The van der Waals surface area contributed by atoms with Crippen molar-refractivity contribution in [3.8, 4) is 5.75 Å². The average molecular weight is 275 g/mol. The Morgan fingerprint density at radius 1 is 1.45 bits per heavy atom. The summed E-state index contributed by atoms with van der Waals surface area (Å²) in [6, 6.07) is 4.50. The number of hydrogen-bond donors (Lipinski definition) is 1. The van der Waals surface area contributed by atoms with Gasteiger partial charge in [0.1, 0.15) is 5.75 Å². The minimum absolute atomic E-state index is 0.117. The van der Waals surface area contributed by atoms with Crippen LogP contribution >= 0.6 is 0 Å². The molecule has 1 aromatic carbocycles. The van der Waals surface area contributed by atoms with Crippen molar-refractivity contribution in [1.82, 2.24) is 0 Å². The van der Waals surface area contributed by atoms with Gasteiger partial charge in [-0.3, -0.25) is 4.79 Å². The molecule has 5 nitrogen and oxygen atoms in total. The van der Waals surface area contributed by atoms with Gasteiger partial charge in [-0.2, -0.15) is 0 Å². The van der Waals surface area contributed by atoms with Crippen LogP contribution < -0.4 is 9.64 Å². The average Bonchev–Trinajstić information content (AvgIpc) is 2.33. The first-order valence-corrected chi connectivity index (χ1v) is 6.25. The van der Waals surface area contributed by atoms with E-state index >= 15 is 0 Å². The smallest absolute Gasteiger partial charge is 0.335 e. The second kappa shape index (κ2) is 4.67. The van der Waals surface area contributed by atoms with Crippen molar-refractivity contribution in [2.24, 2.45) is 0 Å². The molecule has 0 saturated carbocycles. The van der Waals surface area contributed by atoms with Gasteiger partial charge >= 0.3 is 5.97 Å². The SMILES string of the molecule is C=C(C)CN1C(=O)C(C)(C)Oc2ccc(C(=O)O)cc21. The van der Waals surface area contributed by atoms with Crippen LogP contribution in [0.1, 0.15) is 31.1 Å². The normalized spacial score (nSPS) is 16.4. The number of aromatic carboxylic acids is 1. The summed E-state index contributed by atoms with van der Waals surface area (Å²) in [5.41, 5.74) is 0.416. The molecule has 0 fully saturated rings. The van der Waals surface area contributed by atoms with E-state index in [2.05, 4.69) is 6.58 Å². The lowest BCUT2D eigenvalue weighted by atomic mass is 10.0. The zero-order chi connectivity index (χ0) is 15.1. The number of hydrogen-bond acceptors (Lipinski definition) is 3. The minimum atomic E-state index is -1.04. The monoisotopic (exact) mass is 275 g/mol. The zero-order valence-corrected chi connectivity index (χ0v) is 11.8. The number of benzene rings is 1. The van der Waals surface area contributed by atoms with Crippen LogP contribution in [0.15, 0.2) is 30.4 Å². The highest BCUT2D eigenvalue weighted by molar-refractivity contribution is 6.03. The number of anilines is 1. The third-order valence-corrected chi connectivity index (χ3v) is 3.05. The highest BCUT2D eigenvalue weighted by Gasteiger charge is 2.41. The largest absolute Gasteiger partial charge is 0.478 e. The highest BCUT2D eigenvalue weighted by atomic mass is 16.5. The topological polar surface area (TPSA) is 66.8 Å². The van der Waals surface area contributed by atoms with E-state index in [9.17, 15) is 9.59 Å². The summed E-state index contributed by atoms with van der Waals surface area (Å²) >= 11 is 0. The zero-order valence-electron chi connectivity index (χ0n) is 11.8. The number of amides is 1. The fraction of sp³-hybridized carbons (Fsp3) is 0.333. The van der Waals surface area contributed by atoms with Crippen LogP contribution in [-0.4, -0.2) is 29.1 Å². The Bertz CT molecular complexity index is 604. The van der Waals surface area contributed by atoms with Gasteiger partial charge in [0.15, 0.2) is 5.60 Å². The first-order chi connectivity index (χ1) is 9.22. The maximum absolute atomic E-state index is 12.4. The molecule has 0 unspecified atom stereocenters. The molecule has 1 heterocycles. The van der Waals surface area contributed by atoms with E-state index in [4.69, 9.17) is 9.84 Å². The lowest BCUT2D eigenvalue weighted by molar-refractivity contribution is -0.132. The van der Waals surface area contributed by atoms with Crippen molar-refractivity contribution in [1.29, 1.82) is 0 Å². The molecule has 2 rings (SSSR count). The fourth-order valence-electron chi connectivity index (χ4n) is 2.13. The Labute approximate surface area is 117 Å². The number of carbonyl (C=O) groups is 2. The summed E-state index contributed by atoms with van der Waals surface area (Å²) in [5.74, 6) is -0.753. The molecule has 20 heavy (non-hydrogen) atoms. The summed E-state index contributed by atoms with van der Waals surface area (Å²) in [6.45, 7) is 9.34. The van der Waals surface area contributed by atoms with E-state index in [0.29, 0.717) is 18.0 Å². The first kappa shape index (κ1) is 14.1. The quantitative estimate of drug-likeness (QED) is 0.860. The van der Waals surface area contributed by atoms with Gasteiger partial charge in [-0.1, -0.05) is 12.2 Å². The molecule has 0 aromatic heterocycles. The number of nitrogens with zero attached hydrogens (tertiary/aromatic N) is 1. The molecule has 0 radical (unpaired) electrons. The summed E-state index contributed by atoms with van der Waals surface area (Å²) in [7, 11) is 0. The van der Waals surface area contributed by atoms with Crippen LogP contribution in [0.25, 0.3) is 0 Å². The molecule has 5 heteroatoms. The van der Waals surface area contributed by atoms with Crippen LogP contribution in [0.5, 0.6) is 5.75 Å². The predicted molar refractivity (Wildman–Crippen MR) is 75.3 cm³/mol. The Morgan fingerprint density at radius 3 is 2.65 bits per heavy atom. The lowest BCUT2D eigenvalue weighted by Gasteiger charge is -2.39. The number of fused-ring (bicyclic) bond motifs is 1. The molecule has 1 N–H and O–H groups in total. The second-order valence-corrected chi connectivity index (χ2v) is 5.45. The molecule has 106 valence electrons. The van der Waals surface area contributed by atoms with Gasteiger partial charge in [0, 0.05) is 6.54 Å². The van der Waals surface area contributed by atoms with E-state index in [-0.39, 0.29) is 11.5 Å². The van der Waals surface area contributed by atoms with Gasteiger partial charge in [0.25, 0.3) is 5.91 Å². The molecule has 0 aliphatic carbocycles. The minimum Gasteiger partial charge on any atom is -0.478 e. The van der Waals surface area contributed by atoms with Crippen LogP contribution in [0.2, 0.25) is 0 Å². The summed E-state index contributed by atoms with van der Waals surface area (Å²) < 4.78 is 5.66. The van der Waals surface area contributed by atoms with E-state index in [1.807, 2.05) is 6.92 Å². The number of carboxylic acid groups (broad SMARTS) is 1. The van der Waals surface area contributed by atoms with Gasteiger partial charge < -0.3 is 14.7 Å². The Hall–Kier alpha value is -2.30. The van der Waals surface area contributed by atoms with Crippen molar-refractivity contribution in [2.75, 3.05) is 11.4 Å². The van der Waals surface area contributed by atoms with E-state index in [0.717, 1.165) is 5.57 Å². The molecule has 0 atom stereocenters. The van der Waals surface area contributed by atoms with Gasteiger partial charge in [0.2, 0.25) is 0 Å². The molecule has 0 spiro atoms. The summed E-state index contributed by atoms with van der Waals surface area (Å²) in [6.07, 6.45) is 0. The summed E-state index contributed by atoms with van der Waals surface area (Å²) in [5, 5.41) is 9.06. The van der Waals surface area contributed by atoms with Gasteiger partial charge in [-0.05, 0) is 39.0 Å². The van der Waals surface area contributed by atoms with Crippen molar-refractivity contribution >= 4 is 17.6 Å². The third-order valence-electron chi connectivity index (χ3n) is 3.05. The van der Waals surface area contributed by atoms with Crippen LogP contribution in [0, 0.1) is 0 Å². The van der Waals surface area contributed by atoms with Gasteiger partial charge in [-0.25, -0.2) is 4.79 Å². The molecule has 1 aliphatic heterocycles. The molecule has 1 aliphatic rings. The maximum atomic E-state index is 12.4. The molecule has 0 bridgehead atoms. The number of carboxylic acids is 1. The molecular weight excluding hydrogens is 258 g/mol. The third kappa shape index (κ3) is 2.39. The second-order valence-electron chi connectivity index (χ2n) is 5.45. The Balaban J connectivity index is 2.56. The Kier molecular flexibility index (Phi) is 3.29. The fourth-order valence-corrected chi connectivity index (χ4v) is 2.13. The number of ether oxygens (including phenoxy) is 1. The standard InChI is InChI=1S/C15H17NO4/c1-9(2)8-16-11-7-10(13(17)18)5-6-12(11)20-15(3,4)14(16)19/h5-7H,1,8H2,2-4H3,(H,17,18). The Morgan fingerprint density at radius 2 is 2.10 bits per heavy atom. The number of carbonyl (C=O) groups excluding carboxylic acids is 1. The van der Waals surface area contributed by atoms with E-state index < -0.39 is 11.6 Å². The lowest BCUT2D eigenvalue weighted by Crippen LogP contribution is -2.52. The molecule has 1 aromatic rings.